The van der Waals surface area contributed by atoms with Gasteiger partial charge in [-0.05, 0) is 18.1 Å². The molecule has 2 heteroatoms. The minimum atomic E-state index is 0.0703. The zero-order valence-corrected chi connectivity index (χ0v) is 8.37. The molecule has 1 aromatic carbocycles. The van der Waals surface area contributed by atoms with Crippen molar-refractivity contribution in [1.82, 2.24) is 0 Å². The number of anilines is 1. The highest BCUT2D eigenvalue weighted by atomic mass is 16.2. The number of hydrogen-bond donors (Lipinski definition) is 0. The maximum Gasteiger partial charge on any atom is 0.223 e. The molecule has 2 nitrogen and oxygen atoms in total. The molecule has 0 aliphatic carbocycles. The minimum absolute atomic E-state index is 0.0703. The summed E-state index contributed by atoms with van der Waals surface area (Å²) in [6.07, 6.45) is 0.952. The lowest BCUT2D eigenvalue weighted by molar-refractivity contribution is -0.116. The van der Waals surface area contributed by atoms with E-state index in [0.29, 0.717) is 0 Å². The Balaban J connectivity index is 3.05. The van der Waals surface area contributed by atoms with Gasteiger partial charge >= 0.3 is 0 Å². The van der Waals surface area contributed by atoms with Crippen molar-refractivity contribution in [3.05, 3.63) is 29.8 Å². The smallest absolute Gasteiger partial charge is 0.223 e. The second-order valence-electron chi connectivity index (χ2n) is 3.06. The summed E-state index contributed by atoms with van der Waals surface area (Å²) >= 11 is 0. The van der Waals surface area contributed by atoms with Crippen molar-refractivity contribution >= 4 is 11.6 Å². The average Bonchev–Trinajstić information content (AvgIpc) is 2.16. The molecular weight excluding hydrogens is 162 g/mol. The van der Waals surface area contributed by atoms with Gasteiger partial charge in [-0.15, -0.1) is 0 Å². The van der Waals surface area contributed by atoms with Crippen LogP contribution in [-0.2, 0) is 11.2 Å². The summed E-state index contributed by atoms with van der Waals surface area (Å²) in [5, 5.41) is 0. The number of rotatable bonds is 2. The van der Waals surface area contributed by atoms with Gasteiger partial charge in [0, 0.05) is 19.7 Å². The van der Waals surface area contributed by atoms with Crippen molar-refractivity contribution in [2.45, 2.75) is 20.3 Å². The molecule has 0 unspecified atom stereocenters. The highest BCUT2D eigenvalue weighted by Gasteiger charge is 2.07. The fraction of sp³-hybridized carbons (Fsp3) is 0.364. The van der Waals surface area contributed by atoms with E-state index in [-0.39, 0.29) is 5.91 Å². The van der Waals surface area contributed by atoms with Crippen LogP contribution in [-0.4, -0.2) is 13.0 Å². The number of carbonyl (C=O) groups excluding carboxylic acids is 1. The predicted molar refractivity (Wildman–Crippen MR) is 54.9 cm³/mol. The maximum atomic E-state index is 11.1. The molecule has 0 bridgehead atoms. The van der Waals surface area contributed by atoms with Crippen LogP contribution in [0.3, 0.4) is 0 Å². The molecule has 1 amide bonds. The molecule has 1 aromatic rings. The van der Waals surface area contributed by atoms with Gasteiger partial charge in [0.05, 0.1) is 0 Å². The van der Waals surface area contributed by atoms with Gasteiger partial charge in [-0.3, -0.25) is 4.79 Å². The van der Waals surface area contributed by atoms with Crippen LogP contribution >= 0.6 is 0 Å². The van der Waals surface area contributed by atoms with Crippen molar-refractivity contribution in [1.29, 1.82) is 0 Å². The van der Waals surface area contributed by atoms with Crippen LogP contribution in [0.1, 0.15) is 19.4 Å². The molecule has 0 fully saturated rings. The van der Waals surface area contributed by atoms with Crippen LogP contribution < -0.4 is 4.90 Å². The van der Waals surface area contributed by atoms with Gasteiger partial charge in [0.25, 0.3) is 0 Å². The summed E-state index contributed by atoms with van der Waals surface area (Å²) in [5.41, 5.74) is 2.22. The van der Waals surface area contributed by atoms with Crippen LogP contribution in [0.5, 0.6) is 0 Å². The van der Waals surface area contributed by atoms with Crippen molar-refractivity contribution in [3.63, 3.8) is 0 Å². The zero-order chi connectivity index (χ0) is 9.84. The topological polar surface area (TPSA) is 20.3 Å². The Kier molecular flexibility index (Phi) is 3.07. The van der Waals surface area contributed by atoms with Crippen LogP contribution in [0.15, 0.2) is 24.3 Å². The largest absolute Gasteiger partial charge is 0.315 e. The van der Waals surface area contributed by atoms with Gasteiger partial charge in [0.1, 0.15) is 0 Å². The molecule has 0 spiro atoms. The SMILES string of the molecule is CCc1ccccc1N(C)C(C)=O. The number of para-hydroxylation sites is 1. The van der Waals surface area contributed by atoms with Crippen LogP contribution in [0.25, 0.3) is 0 Å². The fourth-order valence-corrected chi connectivity index (χ4v) is 1.31. The lowest BCUT2D eigenvalue weighted by Gasteiger charge is -2.18. The first-order valence-corrected chi connectivity index (χ1v) is 4.49. The second-order valence-corrected chi connectivity index (χ2v) is 3.06. The summed E-state index contributed by atoms with van der Waals surface area (Å²) in [4.78, 5) is 12.8. The molecule has 0 N–H and O–H groups in total. The Bertz CT molecular complexity index is 307. The Morgan fingerprint density at radius 1 is 1.38 bits per heavy atom. The van der Waals surface area contributed by atoms with E-state index in [1.807, 2.05) is 18.2 Å². The highest BCUT2D eigenvalue weighted by Crippen LogP contribution is 2.19. The molecular formula is C11H15NO. The second kappa shape index (κ2) is 4.08. The van der Waals surface area contributed by atoms with Crippen molar-refractivity contribution in [3.8, 4) is 0 Å². The molecule has 0 aliphatic rings. The van der Waals surface area contributed by atoms with E-state index >= 15 is 0 Å². The number of hydrogen-bond acceptors (Lipinski definition) is 1. The van der Waals surface area contributed by atoms with Gasteiger partial charge in [0.15, 0.2) is 0 Å². The summed E-state index contributed by atoms with van der Waals surface area (Å²) < 4.78 is 0. The molecule has 1 rings (SSSR count). The number of amides is 1. The van der Waals surface area contributed by atoms with Crippen molar-refractivity contribution < 1.29 is 4.79 Å². The van der Waals surface area contributed by atoms with Crippen LogP contribution in [0.4, 0.5) is 5.69 Å². The molecule has 13 heavy (non-hydrogen) atoms. The van der Waals surface area contributed by atoms with E-state index in [1.54, 1.807) is 18.9 Å². The monoisotopic (exact) mass is 177 g/mol. The van der Waals surface area contributed by atoms with Gasteiger partial charge in [0.2, 0.25) is 5.91 Å². The summed E-state index contributed by atoms with van der Waals surface area (Å²) in [6.45, 7) is 3.67. The van der Waals surface area contributed by atoms with Crippen LogP contribution in [0, 0.1) is 0 Å². The fourth-order valence-electron chi connectivity index (χ4n) is 1.31. The summed E-state index contributed by atoms with van der Waals surface area (Å²) in [5.74, 6) is 0.0703. The van der Waals surface area contributed by atoms with Crippen molar-refractivity contribution in [2.24, 2.45) is 0 Å². The Labute approximate surface area is 79.2 Å². The molecule has 0 aromatic heterocycles. The first-order valence-electron chi connectivity index (χ1n) is 4.49. The first kappa shape index (κ1) is 9.78. The van der Waals surface area contributed by atoms with E-state index in [9.17, 15) is 4.79 Å². The molecule has 0 atom stereocenters. The summed E-state index contributed by atoms with van der Waals surface area (Å²) in [7, 11) is 1.80. The maximum absolute atomic E-state index is 11.1. The number of aryl methyl sites for hydroxylation is 1. The van der Waals surface area contributed by atoms with Gasteiger partial charge in [-0.1, -0.05) is 25.1 Å². The molecule has 0 aliphatic heterocycles. The standard InChI is InChI=1S/C11H15NO/c1-4-10-7-5-6-8-11(10)12(3)9(2)13/h5-8H,4H2,1-3H3. The lowest BCUT2D eigenvalue weighted by atomic mass is 10.1. The minimum Gasteiger partial charge on any atom is -0.315 e. The number of benzene rings is 1. The quantitative estimate of drug-likeness (QED) is 0.678. The zero-order valence-electron chi connectivity index (χ0n) is 8.37. The predicted octanol–water partition coefficient (Wildman–Crippen LogP) is 2.23. The molecule has 0 heterocycles. The van der Waals surface area contributed by atoms with E-state index in [4.69, 9.17) is 0 Å². The third-order valence-corrected chi connectivity index (χ3v) is 2.21. The van der Waals surface area contributed by atoms with Crippen molar-refractivity contribution in [2.75, 3.05) is 11.9 Å². The van der Waals surface area contributed by atoms with Gasteiger partial charge in [-0.2, -0.15) is 0 Å². The van der Waals surface area contributed by atoms with Crippen LogP contribution in [0.2, 0.25) is 0 Å². The van der Waals surface area contributed by atoms with Gasteiger partial charge in [-0.25, -0.2) is 0 Å². The Morgan fingerprint density at radius 3 is 2.54 bits per heavy atom. The van der Waals surface area contributed by atoms with Gasteiger partial charge < -0.3 is 4.90 Å². The third kappa shape index (κ3) is 2.08. The Hall–Kier alpha value is -1.31. The van der Waals surface area contributed by atoms with E-state index in [0.717, 1.165) is 12.1 Å². The van der Waals surface area contributed by atoms with E-state index < -0.39 is 0 Å². The molecule has 0 radical (unpaired) electrons. The average molecular weight is 177 g/mol. The molecule has 70 valence electrons. The van der Waals surface area contributed by atoms with E-state index in [1.165, 1.54) is 5.56 Å². The third-order valence-electron chi connectivity index (χ3n) is 2.21. The normalized spacial score (nSPS) is 9.77. The summed E-state index contributed by atoms with van der Waals surface area (Å²) in [6, 6.07) is 7.97. The molecule has 0 saturated heterocycles. The first-order chi connectivity index (χ1) is 6.16. The Morgan fingerprint density at radius 2 is 2.00 bits per heavy atom. The number of carbonyl (C=O) groups is 1. The highest BCUT2D eigenvalue weighted by molar-refractivity contribution is 5.91. The van der Waals surface area contributed by atoms with E-state index in [2.05, 4.69) is 13.0 Å². The number of nitrogens with zero attached hydrogens (tertiary/aromatic N) is 1. The molecule has 0 saturated carbocycles. The lowest BCUT2D eigenvalue weighted by Crippen LogP contribution is -2.23.